The third-order valence-electron chi connectivity index (χ3n) is 3.10. The Balaban J connectivity index is 0.00000220. The first-order valence-corrected chi connectivity index (χ1v) is 6.12. The van der Waals surface area contributed by atoms with Crippen LogP contribution >= 0.6 is 24.0 Å². The van der Waals surface area contributed by atoms with Gasteiger partial charge < -0.3 is 15.8 Å². The van der Waals surface area contributed by atoms with Gasteiger partial charge >= 0.3 is 6.36 Å². The van der Waals surface area contributed by atoms with Crippen LogP contribution in [0.2, 0.25) is 0 Å². The highest BCUT2D eigenvalue weighted by Crippen LogP contribution is 2.47. The van der Waals surface area contributed by atoms with E-state index in [-0.39, 0.29) is 47.1 Å². The third kappa shape index (κ3) is 5.60. The molecule has 4 nitrogen and oxygen atoms in total. The van der Waals surface area contributed by atoms with Crippen LogP contribution in [0.4, 0.5) is 18.9 Å². The summed E-state index contributed by atoms with van der Waals surface area (Å²) >= 11 is 0. The summed E-state index contributed by atoms with van der Waals surface area (Å²) in [5, 5.41) is 2.76. The zero-order chi connectivity index (χ0) is 15.0. The Morgan fingerprint density at radius 2 is 2.05 bits per heavy atom. The lowest BCUT2D eigenvalue weighted by Crippen LogP contribution is -2.23. The van der Waals surface area contributed by atoms with Gasteiger partial charge in [0.15, 0.2) is 5.96 Å². The molecule has 1 atom stereocenters. The van der Waals surface area contributed by atoms with Crippen LogP contribution in [-0.4, -0.2) is 18.4 Å². The van der Waals surface area contributed by atoms with E-state index in [0.717, 1.165) is 6.42 Å². The van der Waals surface area contributed by atoms with E-state index in [1.165, 1.54) is 18.2 Å². The number of anilines is 1. The van der Waals surface area contributed by atoms with Crippen molar-refractivity contribution in [3.8, 4) is 5.75 Å². The minimum absolute atomic E-state index is 0. The van der Waals surface area contributed by atoms with Crippen molar-refractivity contribution >= 4 is 35.6 Å². The normalized spacial score (nSPS) is 20.4. The molecule has 1 aliphatic carbocycles. The number of hydrogen-bond donors (Lipinski definition) is 2. The molecule has 1 aliphatic rings. The fourth-order valence-electron chi connectivity index (χ4n) is 1.78. The average molecular weight is 415 g/mol. The molecule has 0 saturated heterocycles. The van der Waals surface area contributed by atoms with E-state index in [1.807, 2.05) is 0 Å². The molecule has 1 aromatic carbocycles. The van der Waals surface area contributed by atoms with Crippen molar-refractivity contribution in [2.45, 2.75) is 32.7 Å². The zero-order valence-corrected chi connectivity index (χ0v) is 13.9. The Hall–Kier alpha value is -1.19. The molecule has 0 heterocycles. The largest absolute Gasteiger partial charge is 0.573 e. The number of nitrogens with one attached hydrogen (secondary N) is 1. The van der Waals surface area contributed by atoms with Crippen molar-refractivity contribution in [1.29, 1.82) is 0 Å². The summed E-state index contributed by atoms with van der Waals surface area (Å²) in [5.74, 6) is -0.119. The number of alkyl halides is 3. The first-order chi connectivity index (χ1) is 9.16. The molecule has 1 unspecified atom stereocenters. The number of nitrogens with zero attached hydrogens (tertiary/aromatic N) is 1. The van der Waals surface area contributed by atoms with Gasteiger partial charge in [0.2, 0.25) is 0 Å². The lowest BCUT2D eigenvalue weighted by Gasteiger charge is -2.11. The molecular weight excluding hydrogens is 398 g/mol. The second-order valence-electron chi connectivity index (χ2n) is 5.42. The van der Waals surface area contributed by atoms with Crippen LogP contribution < -0.4 is 15.8 Å². The summed E-state index contributed by atoms with van der Waals surface area (Å²) in [6, 6.07) is 5.62. The molecule has 0 bridgehead atoms. The van der Waals surface area contributed by atoms with Crippen molar-refractivity contribution in [1.82, 2.24) is 0 Å². The minimum atomic E-state index is -4.71. The van der Waals surface area contributed by atoms with E-state index in [0.29, 0.717) is 5.69 Å². The van der Waals surface area contributed by atoms with E-state index < -0.39 is 6.36 Å². The van der Waals surface area contributed by atoms with Gasteiger partial charge in [-0.2, -0.15) is 0 Å². The highest BCUT2D eigenvalue weighted by Gasteiger charge is 2.45. The van der Waals surface area contributed by atoms with Gasteiger partial charge in [-0.1, -0.05) is 19.9 Å². The Bertz CT molecular complexity index is 532. The lowest BCUT2D eigenvalue weighted by atomic mass is 10.2. The molecule has 0 radical (unpaired) electrons. The Morgan fingerprint density at radius 3 is 2.57 bits per heavy atom. The van der Waals surface area contributed by atoms with Gasteiger partial charge in [-0.05, 0) is 24.0 Å². The van der Waals surface area contributed by atoms with Crippen LogP contribution in [0.15, 0.2) is 29.3 Å². The highest BCUT2D eigenvalue weighted by atomic mass is 127. The maximum Gasteiger partial charge on any atom is 0.573 e. The maximum atomic E-state index is 12.1. The van der Waals surface area contributed by atoms with Crippen LogP contribution in [-0.2, 0) is 0 Å². The Morgan fingerprint density at radius 1 is 1.43 bits per heavy atom. The van der Waals surface area contributed by atoms with Crippen molar-refractivity contribution in [2.24, 2.45) is 16.1 Å². The molecule has 21 heavy (non-hydrogen) atoms. The number of benzene rings is 1. The van der Waals surface area contributed by atoms with Crippen molar-refractivity contribution in [3.05, 3.63) is 24.3 Å². The van der Waals surface area contributed by atoms with Gasteiger partial charge in [0.1, 0.15) is 5.75 Å². The lowest BCUT2D eigenvalue weighted by molar-refractivity contribution is -0.274. The van der Waals surface area contributed by atoms with Gasteiger partial charge in [0.25, 0.3) is 0 Å². The van der Waals surface area contributed by atoms with Gasteiger partial charge in [-0.3, -0.25) is 0 Å². The van der Waals surface area contributed by atoms with Crippen LogP contribution in [0.3, 0.4) is 0 Å². The molecule has 0 aromatic heterocycles. The van der Waals surface area contributed by atoms with E-state index >= 15 is 0 Å². The fraction of sp³-hybridized carbons (Fsp3) is 0.462. The van der Waals surface area contributed by atoms with Crippen LogP contribution in [0, 0.1) is 5.41 Å². The van der Waals surface area contributed by atoms with Crippen molar-refractivity contribution in [3.63, 3.8) is 0 Å². The summed E-state index contributed by atoms with van der Waals surface area (Å²) in [5.41, 5.74) is 6.26. The van der Waals surface area contributed by atoms with E-state index in [1.54, 1.807) is 6.07 Å². The molecule has 0 spiro atoms. The van der Waals surface area contributed by atoms with Crippen LogP contribution in [0.1, 0.15) is 20.3 Å². The van der Waals surface area contributed by atoms with Crippen molar-refractivity contribution in [2.75, 3.05) is 5.32 Å². The van der Waals surface area contributed by atoms with Crippen LogP contribution in [0.25, 0.3) is 0 Å². The summed E-state index contributed by atoms with van der Waals surface area (Å²) < 4.78 is 40.2. The zero-order valence-electron chi connectivity index (χ0n) is 11.6. The molecule has 1 saturated carbocycles. The molecule has 0 amide bonds. The quantitative estimate of drug-likeness (QED) is 0.450. The molecular formula is C13H17F3IN3O. The molecule has 0 aliphatic heterocycles. The molecule has 2 rings (SSSR count). The summed E-state index contributed by atoms with van der Waals surface area (Å²) in [7, 11) is 0. The number of hydrogen-bond acceptors (Lipinski definition) is 2. The number of aliphatic imine (C=N–C) groups is 1. The average Bonchev–Trinajstić information content (AvgIpc) is 2.83. The predicted molar refractivity (Wildman–Crippen MR) is 86.0 cm³/mol. The molecule has 1 aromatic rings. The molecule has 3 N–H and O–H groups in total. The first-order valence-electron chi connectivity index (χ1n) is 6.12. The van der Waals surface area contributed by atoms with Gasteiger partial charge in [0, 0.05) is 11.8 Å². The maximum absolute atomic E-state index is 12.1. The summed E-state index contributed by atoms with van der Waals surface area (Å²) in [6.45, 7) is 4.15. The van der Waals surface area contributed by atoms with Crippen LogP contribution in [0.5, 0.6) is 5.75 Å². The number of halogens is 4. The Labute approximate surface area is 138 Å². The number of nitrogens with two attached hydrogens (primary N) is 1. The van der Waals surface area contributed by atoms with Crippen molar-refractivity contribution < 1.29 is 17.9 Å². The summed E-state index contributed by atoms with van der Waals surface area (Å²) in [6.07, 6.45) is -3.76. The number of ether oxygens (including phenoxy) is 1. The van der Waals surface area contributed by atoms with E-state index in [4.69, 9.17) is 5.73 Å². The monoisotopic (exact) mass is 415 g/mol. The first kappa shape index (κ1) is 17.9. The minimum Gasteiger partial charge on any atom is -0.406 e. The second kappa shape index (κ2) is 6.29. The molecule has 1 fully saturated rings. The SMILES string of the molecule is CC1(C)CC1N=C(N)Nc1cccc(OC(F)(F)F)c1.I. The van der Waals surface area contributed by atoms with E-state index in [2.05, 4.69) is 28.9 Å². The van der Waals surface area contributed by atoms with Gasteiger partial charge in [-0.25, -0.2) is 4.99 Å². The number of guanidine groups is 1. The second-order valence-corrected chi connectivity index (χ2v) is 5.42. The fourth-order valence-corrected chi connectivity index (χ4v) is 1.78. The molecule has 118 valence electrons. The smallest absolute Gasteiger partial charge is 0.406 e. The summed E-state index contributed by atoms with van der Waals surface area (Å²) in [4.78, 5) is 4.26. The molecule has 8 heteroatoms. The van der Waals surface area contributed by atoms with E-state index in [9.17, 15) is 13.2 Å². The number of rotatable bonds is 3. The predicted octanol–water partition coefficient (Wildman–Crippen LogP) is 3.73. The highest BCUT2D eigenvalue weighted by molar-refractivity contribution is 14.0. The topological polar surface area (TPSA) is 59.6 Å². The third-order valence-corrected chi connectivity index (χ3v) is 3.10. The van der Waals surface area contributed by atoms with Gasteiger partial charge in [0.05, 0.1) is 6.04 Å². The van der Waals surface area contributed by atoms with Gasteiger partial charge in [-0.15, -0.1) is 37.1 Å². The Kier molecular flexibility index (Phi) is 5.35. The standard InChI is InChI=1S/C13H16F3N3O.HI/c1-12(2)7-10(12)19-11(17)18-8-4-3-5-9(6-8)20-13(14,15)16;/h3-6,10H,7H2,1-2H3,(H3,17,18,19);1H.